The fraction of sp³-hybridized carbons (Fsp3) is 0.227. The van der Waals surface area contributed by atoms with Gasteiger partial charge in [0.1, 0.15) is 12.4 Å². The molecule has 0 atom stereocenters. The summed E-state index contributed by atoms with van der Waals surface area (Å²) >= 11 is 12.5. The summed E-state index contributed by atoms with van der Waals surface area (Å²) < 4.78 is 25.5. The highest BCUT2D eigenvalue weighted by Crippen LogP contribution is 2.35. The van der Waals surface area contributed by atoms with Gasteiger partial charge >= 0.3 is 0 Å². The molecule has 3 rings (SSSR count). The van der Waals surface area contributed by atoms with Crippen molar-refractivity contribution in [1.82, 2.24) is 10.3 Å². The summed E-state index contributed by atoms with van der Waals surface area (Å²) in [5.41, 5.74) is 2.24. The first-order valence-corrected chi connectivity index (χ1v) is 9.94. The molecule has 0 aliphatic heterocycles. The first kappa shape index (κ1) is 21.4. The van der Waals surface area contributed by atoms with Gasteiger partial charge in [-0.2, -0.15) is 0 Å². The maximum absolute atomic E-state index is 14.0. The van der Waals surface area contributed by atoms with Gasteiger partial charge in [-0.15, -0.1) is 0 Å². The third-order valence-corrected chi connectivity index (χ3v) is 4.92. The summed E-state index contributed by atoms with van der Waals surface area (Å²) in [6.07, 6.45) is 3.55. The number of ether oxygens (including phenoxy) is 2. The van der Waals surface area contributed by atoms with E-state index in [9.17, 15) is 4.39 Å². The molecule has 7 heteroatoms. The van der Waals surface area contributed by atoms with Gasteiger partial charge in [-0.1, -0.05) is 35.3 Å². The summed E-state index contributed by atoms with van der Waals surface area (Å²) in [5, 5.41) is 4.17. The lowest BCUT2D eigenvalue weighted by molar-refractivity contribution is 0.265. The van der Waals surface area contributed by atoms with Crippen LogP contribution in [0, 0.1) is 5.82 Å². The smallest absolute Gasteiger partial charge is 0.163 e. The number of nitrogens with zero attached hydrogens (tertiary/aromatic N) is 1. The summed E-state index contributed by atoms with van der Waals surface area (Å²) in [4.78, 5) is 4.10. The second-order valence-electron chi connectivity index (χ2n) is 6.28. The van der Waals surface area contributed by atoms with E-state index in [1.165, 1.54) is 6.07 Å². The second-order valence-corrected chi connectivity index (χ2v) is 7.09. The molecule has 0 bridgehead atoms. The lowest BCUT2D eigenvalue weighted by atomic mass is 10.2. The molecule has 152 valence electrons. The molecule has 0 fully saturated rings. The normalized spacial score (nSPS) is 10.8. The van der Waals surface area contributed by atoms with Crippen LogP contribution in [-0.4, -0.2) is 11.6 Å². The highest BCUT2D eigenvalue weighted by Gasteiger charge is 2.14. The third kappa shape index (κ3) is 5.82. The Labute approximate surface area is 179 Å². The van der Waals surface area contributed by atoms with E-state index in [4.69, 9.17) is 32.7 Å². The van der Waals surface area contributed by atoms with E-state index in [1.54, 1.807) is 24.4 Å². The van der Waals surface area contributed by atoms with Crippen molar-refractivity contribution in [1.29, 1.82) is 0 Å². The van der Waals surface area contributed by atoms with Gasteiger partial charge in [0.25, 0.3) is 0 Å². The van der Waals surface area contributed by atoms with Gasteiger partial charge in [0.05, 0.1) is 11.6 Å². The van der Waals surface area contributed by atoms with Crippen LogP contribution >= 0.6 is 23.2 Å². The highest BCUT2D eigenvalue weighted by atomic mass is 35.5. The average Bonchev–Trinajstić information content (AvgIpc) is 2.71. The van der Waals surface area contributed by atoms with Gasteiger partial charge in [0.2, 0.25) is 0 Å². The molecule has 3 aromatic rings. The van der Waals surface area contributed by atoms with E-state index < -0.39 is 5.82 Å². The van der Waals surface area contributed by atoms with Crippen LogP contribution in [0.2, 0.25) is 10.0 Å². The maximum atomic E-state index is 14.0. The fourth-order valence-corrected chi connectivity index (χ4v) is 3.20. The van der Waals surface area contributed by atoms with Crippen LogP contribution in [0.5, 0.6) is 11.5 Å². The minimum Gasteiger partial charge on any atom is -0.490 e. The van der Waals surface area contributed by atoms with Crippen LogP contribution in [0.1, 0.15) is 23.6 Å². The van der Waals surface area contributed by atoms with Crippen molar-refractivity contribution in [2.24, 2.45) is 0 Å². The quantitative estimate of drug-likeness (QED) is 0.462. The average molecular weight is 435 g/mol. The van der Waals surface area contributed by atoms with E-state index >= 15 is 0 Å². The Morgan fingerprint density at radius 2 is 1.83 bits per heavy atom. The Balaban J connectivity index is 1.71. The molecule has 0 unspecified atom stereocenters. The Kier molecular flexibility index (Phi) is 7.69. The number of nitrogens with one attached hydrogen (secondary N) is 1. The van der Waals surface area contributed by atoms with Crippen LogP contribution in [0.25, 0.3) is 0 Å². The first-order chi connectivity index (χ1) is 14.1. The fourth-order valence-electron chi connectivity index (χ4n) is 2.76. The van der Waals surface area contributed by atoms with Crippen LogP contribution < -0.4 is 14.8 Å². The van der Waals surface area contributed by atoms with Crippen LogP contribution in [0.15, 0.2) is 54.9 Å². The van der Waals surface area contributed by atoms with Crippen LogP contribution in [0.3, 0.4) is 0 Å². The van der Waals surface area contributed by atoms with E-state index in [2.05, 4.69) is 10.3 Å². The van der Waals surface area contributed by atoms with Crippen molar-refractivity contribution in [3.63, 3.8) is 0 Å². The van der Waals surface area contributed by atoms with E-state index in [0.717, 1.165) is 11.1 Å². The summed E-state index contributed by atoms with van der Waals surface area (Å²) in [6.45, 7) is 3.53. The molecule has 1 heterocycles. The SMILES string of the molecule is CCOc1cc(CNCc2cccnc2)c(Cl)cc1OCc1c(F)cccc1Cl. The van der Waals surface area contributed by atoms with Crippen molar-refractivity contribution in [3.8, 4) is 11.5 Å². The minimum atomic E-state index is -0.419. The molecular weight excluding hydrogens is 414 g/mol. The third-order valence-electron chi connectivity index (χ3n) is 4.21. The molecule has 0 saturated heterocycles. The minimum absolute atomic E-state index is 0.0273. The predicted octanol–water partition coefficient (Wildman–Crippen LogP) is 5.80. The summed E-state index contributed by atoms with van der Waals surface area (Å²) in [7, 11) is 0. The zero-order chi connectivity index (χ0) is 20.6. The molecule has 0 radical (unpaired) electrons. The monoisotopic (exact) mass is 434 g/mol. The Morgan fingerprint density at radius 3 is 2.55 bits per heavy atom. The molecular formula is C22H21Cl2FN2O2. The summed E-state index contributed by atoms with van der Waals surface area (Å²) in [6, 6.07) is 11.9. The first-order valence-electron chi connectivity index (χ1n) is 9.19. The number of rotatable bonds is 9. The highest BCUT2D eigenvalue weighted by molar-refractivity contribution is 6.31. The number of hydrogen-bond donors (Lipinski definition) is 1. The van der Waals surface area contributed by atoms with Crippen LogP contribution in [0.4, 0.5) is 4.39 Å². The van der Waals surface area contributed by atoms with E-state index in [1.807, 2.05) is 31.3 Å². The van der Waals surface area contributed by atoms with Gasteiger partial charge in [-0.05, 0) is 42.3 Å². The molecule has 0 amide bonds. The number of benzene rings is 2. The van der Waals surface area contributed by atoms with Gasteiger partial charge in [0.15, 0.2) is 11.5 Å². The molecule has 4 nitrogen and oxygen atoms in total. The molecule has 1 N–H and O–H groups in total. The molecule has 0 aliphatic carbocycles. The summed E-state index contributed by atoms with van der Waals surface area (Å²) in [5.74, 6) is 0.562. The second kappa shape index (κ2) is 10.4. The van der Waals surface area contributed by atoms with E-state index in [0.29, 0.717) is 41.2 Å². The van der Waals surface area contributed by atoms with Gasteiger partial charge in [-0.25, -0.2) is 4.39 Å². The van der Waals surface area contributed by atoms with Gasteiger partial charge < -0.3 is 14.8 Å². The lowest BCUT2D eigenvalue weighted by Gasteiger charge is -2.16. The van der Waals surface area contributed by atoms with Crippen LogP contribution in [-0.2, 0) is 19.7 Å². The zero-order valence-electron chi connectivity index (χ0n) is 15.9. The maximum Gasteiger partial charge on any atom is 0.163 e. The Morgan fingerprint density at radius 1 is 1.00 bits per heavy atom. The van der Waals surface area contributed by atoms with Crippen molar-refractivity contribution >= 4 is 23.2 Å². The van der Waals surface area contributed by atoms with Crippen molar-refractivity contribution < 1.29 is 13.9 Å². The molecule has 1 aromatic heterocycles. The number of aromatic nitrogens is 1. The van der Waals surface area contributed by atoms with Crippen molar-refractivity contribution in [2.45, 2.75) is 26.6 Å². The Hall–Kier alpha value is -2.34. The van der Waals surface area contributed by atoms with Crippen molar-refractivity contribution in [2.75, 3.05) is 6.61 Å². The van der Waals surface area contributed by atoms with Crippen molar-refractivity contribution in [3.05, 3.63) is 87.4 Å². The molecule has 0 aliphatic rings. The standard InChI is InChI=1S/C22H21Cl2FN2O2/c1-2-28-21-9-16(13-27-12-15-5-4-8-26-11-15)19(24)10-22(21)29-14-17-18(23)6-3-7-20(17)25/h3-11,27H,2,12-14H2,1H3. The predicted molar refractivity (Wildman–Crippen MR) is 113 cm³/mol. The van der Waals surface area contributed by atoms with Gasteiger partial charge in [0, 0.05) is 42.1 Å². The Bertz CT molecular complexity index is 935. The molecule has 2 aromatic carbocycles. The topological polar surface area (TPSA) is 43.4 Å². The molecule has 0 spiro atoms. The zero-order valence-corrected chi connectivity index (χ0v) is 17.4. The number of halogens is 3. The lowest BCUT2D eigenvalue weighted by Crippen LogP contribution is -2.13. The number of pyridine rings is 1. The number of hydrogen-bond acceptors (Lipinski definition) is 4. The largest absolute Gasteiger partial charge is 0.490 e. The van der Waals surface area contributed by atoms with E-state index in [-0.39, 0.29) is 12.2 Å². The molecule has 0 saturated carbocycles. The molecule has 29 heavy (non-hydrogen) atoms. The van der Waals surface area contributed by atoms with Gasteiger partial charge in [-0.3, -0.25) is 4.98 Å².